The number of phenols is 1. The number of carbonyl (C=O) groups excluding carboxylic acids is 4. The number of hydroxylamine groups is 2. The highest BCUT2D eigenvalue weighted by molar-refractivity contribution is 7.99. The van der Waals surface area contributed by atoms with Gasteiger partial charge in [-0.05, 0) is 42.0 Å². The van der Waals surface area contributed by atoms with Crippen molar-refractivity contribution < 1.29 is 43.4 Å². The molecule has 42 heavy (non-hydrogen) atoms. The van der Waals surface area contributed by atoms with E-state index in [1.54, 1.807) is 6.07 Å². The van der Waals surface area contributed by atoms with Gasteiger partial charge in [-0.3, -0.25) is 19.2 Å². The maximum absolute atomic E-state index is 12.5. The summed E-state index contributed by atoms with van der Waals surface area (Å²) in [5.74, 6) is -2.97. The summed E-state index contributed by atoms with van der Waals surface area (Å²) in [5, 5.41) is 23.5. The van der Waals surface area contributed by atoms with Crippen molar-refractivity contribution in [2.45, 2.75) is 19.8 Å². The number of nitrogens with one attached hydrogen (secondary N) is 1. The monoisotopic (exact) mass is 592 g/mol. The Morgan fingerprint density at radius 2 is 1.81 bits per heavy atom. The van der Waals surface area contributed by atoms with Crippen LogP contribution < -0.4 is 10.7 Å². The molecule has 4 rings (SSSR count). The van der Waals surface area contributed by atoms with Gasteiger partial charge in [-0.2, -0.15) is 11.8 Å². The summed E-state index contributed by atoms with van der Waals surface area (Å²) >= 11 is 1.10. The van der Waals surface area contributed by atoms with E-state index < -0.39 is 23.8 Å². The molecule has 2 aromatic carbocycles. The molecule has 1 aliphatic carbocycles. The minimum atomic E-state index is -1.26. The Morgan fingerprint density at radius 3 is 2.52 bits per heavy atom. The minimum Gasteiger partial charge on any atom is -0.508 e. The van der Waals surface area contributed by atoms with E-state index in [-0.39, 0.29) is 64.5 Å². The lowest BCUT2D eigenvalue weighted by atomic mass is 9.90. The van der Waals surface area contributed by atoms with Crippen LogP contribution in [0.3, 0.4) is 0 Å². The highest BCUT2D eigenvalue weighted by Crippen LogP contribution is 2.42. The molecule has 0 saturated carbocycles. The van der Waals surface area contributed by atoms with Crippen LogP contribution in [0.5, 0.6) is 5.75 Å². The number of carboxylic acids is 1. The number of aromatic hydroxyl groups is 1. The largest absolute Gasteiger partial charge is 0.508 e. The molecule has 3 N–H and O–H groups in total. The molecule has 3 amide bonds. The fraction of sp³-hybridized carbons (Fsp3) is 0.172. The molecule has 13 heteroatoms. The smallest absolute Gasteiger partial charge is 0.336 e. The van der Waals surface area contributed by atoms with Crippen molar-refractivity contribution in [3.05, 3.63) is 70.4 Å². The Bertz CT molecular complexity index is 1730. The number of phenolic OH excluding ortho intramolecular Hbond substituents is 1. The summed E-state index contributed by atoms with van der Waals surface area (Å²) in [6.07, 6.45) is -0.0764. The number of carbonyl (C=O) groups is 5. The second kappa shape index (κ2) is 13.0. The normalized spacial score (nSPS) is 10.8. The first-order chi connectivity index (χ1) is 20.1. The number of hydrogen-bond donors (Lipinski definition) is 3. The van der Waals surface area contributed by atoms with E-state index in [0.29, 0.717) is 27.1 Å². The molecule has 0 radical (unpaired) electrons. The molecule has 0 bridgehead atoms. The molecule has 2 aromatic rings. The lowest BCUT2D eigenvalue weighted by Gasteiger charge is -2.17. The van der Waals surface area contributed by atoms with Gasteiger partial charge in [0, 0.05) is 46.5 Å². The predicted molar refractivity (Wildman–Crippen MR) is 153 cm³/mol. The molecule has 2 aliphatic rings. The SMILES string of the molecule is CCC(=O)N(C=O)OC(=O)CCSCC(=O)Nc1ccc(-c2c3ccc(=O)cc-3oc3cc(O)ccc23)c(C(=O)O)c1. The molecule has 0 spiro atoms. The molecule has 1 heterocycles. The average molecular weight is 593 g/mol. The third-order valence-electron chi connectivity index (χ3n) is 6.01. The van der Waals surface area contributed by atoms with Gasteiger partial charge >= 0.3 is 11.9 Å². The molecule has 216 valence electrons. The number of benzene rings is 3. The van der Waals surface area contributed by atoms with E-state index in [1.807, 2.05) is 0 Å². The van der Waals surface area contributed by atoms with Crippen LogP contribution in [0.15, 0.2) is 63.8 Å². The van der Waals surface area contributed by atoms with Crippen LogP contribution in [-0.4, -0.2) is 56.9 Å². The van der Waals surface area contributed by atoms with Crippen molar-refractivity contribution in [2.75, 3.05) is 16.8 Å². The van der Waals surface area contributed by atoms with Crippen LogP contribution in [0.2, 0.25) is 0 Å². The Balaban J connectivity index is 1.51. The van der Waals surface area contributed by atoms with Gasteiger partial charge in [0.25, 0.3) is 12.3 Å². The molecule has 0 saturated heterocycles. The zero-order valence-corrected chi connectivity index (χ0v) is 22.9. The highest BCUT2D eigenvalue weighted by atomic mass is 32.2. The summed E-state index contributed by atoms with van der Waals surface area (Å²) in [7, 11) is 0. The zero-order valence-electron chi connectivity index (χ0n) is 22.1. The Kier molecular flexibility index (Phi) is 9.22. The number of nitrogens with zero attached hydrogens (tertiary/aromatic N) is 1. The predicted octanol–water partition coefficient (Wildman–Crippen LogP) is 3.88. The van der Waals surface area contributed by atoms with Crippen LogP contribution in [0.25, 0.3) is 33.4 Å². The Morgan fingerprint density at radius 1 is 1.05 bits per heavy atom. The van der Waals surface area contributed by atoms with Crippen LogP contribution in [-0.2, 0) is 24.0 Å². The maximum Gasteiger partial charge on any atom is 0.336 e. The number of carboxylic acid groups (broad SMARTS) is 1. The minimum absolute atomic E-state index is 0.0212. The van der Waals surface area contributed by atoms with Gasteiger partial charge in [0.1, 0.15) is 17.1 Å². The summed E-state index contributed by atoms with van der Waals surface area (Å²) < 4.78 is 5.82. The van der Waals surface area contributed by atoms with Gasteiger partial charge in [-0.25, -0.2) is 9.59 Å². The first-order valence-corrected chi connectivity index (χ1v) is 13.7. The van der Waals surface area contributed by atoms with Crippen LogP contribution in [0, 0.1) is 0 Å². The first-order valence-electron chi connectivity index (χ1n) is 12.5. The van der Waals surface area contributed by atoms with Crippen molar-refractivity contribution in [3.8, 4) is 28.2 Å². The highest BCUT2D eigenvalue weighted by Gasteiger charge is 2.23. The van der Waals surface area contributed by atoms with Crippen molar-refractivity contribution in [3.63, 3.8) is 0 Å². The van der Waals surface area contributed by atoms with Gasteiger partial charge in [0.2, 0.25) is 5.91 Å². The number of hydrogen-bond acceptors (Lipinski definition) is 10. The lowest BCUT2D eigenvalue weighted by Crippen LogP contribution is -2.31. The summed E-state index contributed by atoms with van der Waals surface area (Å²) in [6, 6.07) is 12.9. The van der Waals surface area contributed by atoms with E-state index in [2.05, 4.69) is 10.2 Å². The topological polar surface area (TPSA) is 181 Å². The lowest BCUT2D eigenvalue weighted by molar-refractivity contribution is -0.196. The van der Waals surface area contributed by atoms with Gasteiger partial charge in [0.05, 0.1) is 17.7 Å². The Hall–Kier alpha value is -5.17. The number of amides is 3. The maximum atomic E-state index is 12.5. The number of aromatic carboxylic acids is 1. The molecule has 1 aliphatic heterocycles. The molecule has 0 unspecified atom stereocenters. The standard InChI is InChI=1S/C29H24N2O10S/c1-2-26(36)31(15-32)41-27(37)9-10-42-14-25(35)30-16-3-6-19(22(11-16)29(38)39)28-20-7-4-17(33)12-23(20)40-24-13-18(34)5-8-21(24)28/h3-8,11-13,15,33H,2,9-10,14H2,1H3,(H,30,35)(H,38,39). The first kappa shape index (κ1) is 29.8. The second-order valence-corrected chi connectivity index (χ2v) is 9.98. The molecule has 0 fully saturated rings. The fourth-order valence-corrected chi connectivity index (χ4v) is 4.84. The molecule has 0 atom stereocenters. The Labute approximate surface area is 242 Å². The summed E-state index contributed by atoms with van der Waals surface area (Å²) in [6.45, 7) is 1.51. The molecule has 0 aromatic heterocycles. The molecule has 12 nitrogen and oxygen atoms in total. The van der Waals surface area contributed by atoms with Crippen molar-refractivity contribution in [2.24, 2.45) is 0 Å². The van der Waals surface area contributed by atoms with Crippen LogP contribution >= 0.6 is 11.8 Å². The van der Waals surface area contributed by atoms with Crippen molar-refractivity contribution in [1.29, 1.82) is 0 Å². The van der Waals surface area contributed by atoms with Gasteiger partial charge in [-0.15, -0.1) is 5.06 Å². The number of imide groups is 1. The van der Waals surface area contributed by atoms with E-state index >= 15 is 0 Å². The van der Waals surface area contributed by atoms with Gasteiger partial charge in [-0.1, -0.05) is 13.0 Å². The number of thioether (sulfide) groups is 1. The molecular formula is C29H24N2O10S. The number of fused-ring (bicyclic) bond motifs is 2. The third-order valence-corrected chi connectivity index (χ3v) is 6.97. The van der Waals surface area contributed by atoms with E-state index in [0.717, 1.165) is 11.8 Å². The van der Waals surface area contributed by atoms with E-state index in [1.165, 1.54) is 55.5 Å². The zero-order chi connectivity index (χ0) is 30.4. The van der Waals surface area contributed by atoms with E-state index in [9.17, 15) is 39.0 Å². The third kappa shape index (κ3) is 6.75. The van der Waals surface area contributed by atoms with Crippen LogP contribution in [0.1, 0.15) is 30.1 Å². The van der Waals surface area contributed by atoms with E-state index in [4.69, 9.17) is 4.42 Å². The number of anilines is 1. The number of rotatable bonds is 10. The quantitative estimate of drug-likeness (QED) is 0.105. The van der Waals surface area contributed by atoms with Gasteiger partial charge < -0.3 is 24.8 Å². The van der Waals surface area contributed by atoms with Crippen molar-refractivity contribution in [1.82, 2.24) is 5.06 Å². The average Bonchev–Trinajstić information content (AvgIpc) is 2.96. The fourth-order valence-electron chi connectivity index (χ4n) is 4.13. The summed E-state index contributed by atoms with van der Waals surface area (Å²) in [5.41, 5.74) is 1.28. The van der Waals surface area contributed by atoms with Crippen molar-refractivity contribution >= 4 is 58.6 Å². The summed E-state index contributed by atoms with van der Waals surface area (Å²) in [4.78, 5) is 75.6. The van der Waals surface area contributed by atoms with Gasteiger partial charge in [0.15, 0.2) is 5.43 Å². The second-order valence-electron chi connectivity index (χ2n) is 8.87. The van der Waals surface area contributed by atoms with Crippen LogP contribution in [0.4, 0.5) is 5.69 Å². The molecular weight excluding hydrogens is 568 g/mol.